The van der Waals surface area contributed by atoms with Crippen LogP contribution in [0.2, 0.25) is 0 Å². The van der Waals surface area contributed by atoms with Crippen molar-refractivity contribution < 1.29 is 9.53 Å². The molecule has 0 aliphatic carbocycles. The first-order valence-corrected chi connectivity index (χ1v) is 8.96. The Hall–Kier alpha value is -1.86. The van der Waals surface area contributed by atoms with Crippen LogP contribution in [0.15, 0.2) is 29.4 Å². The lowest BCUT2D eigenvalue weighted by Crippen LogP contribution is -2.48. The molecule has 0 spiro atoms. The number of carbonyl (C=O) groups excluding carboxylic acids is 1. The summed E-state index contributed by atoms with van der Waals surface area (Å²) in [5, 5.41) is 0.868. The third-order valence-corrected chi connectivity index (χ3v) is 4.96. The maximum absolute atomic E-state index is 11.5. The summed E-state index contributed by atoms with van der Waals surface area (Å²) in [6, 6.07) is 5.41. The number of thioether (sulfide) groups is 1. The Balaban J connectivity index is 1.61. The molecule has 1 aromatic carbocycles. The van der Waals surface area contributed by atoms with Crippen LogP contribution >= 0.6 is 11.8 Å². The van der Waals surface area contributed by atoms with Crippen molar-refractivity contribution in [1.82, 2.24) is 14.9 Å². The lowest BCUT2D eigenvalue weighted by Gasteiger charge is -2.33. The topological polar surface area (TPSA) is 81.3 Å². The number of piperidine rings is 1. The number of hydrogen-bond acceptors (Lipinski definition) is 6. The molecule has 1 unspecified atom stereocenters. The highest BCUT2D eigenvalue weighted by Crippen LogP contribution is 2.22. The quantitative estimate of drug-likeness (QED) is 0.805. The second-order valence-electron chi connectivity index (χ2n) is 5.67. The third-order valence-electron chi connectivity index (χ3n) is 4.08. The Bertz CT molecular complexity index is 725. The highest BCUT2D eigenvalue weighted by Gasteiger charge is 2.26. The number of ether oxygens (including phenoxy) is 1. The van der Waals surface area contributed by atoms with Gasteiger partial charge in [0.05, 0.1) is 30.4 Å². The monoisotopic (exact) mass is 345 g/mol. The van der Waals surface area contributed by atoms with Crippen molar-refractivity contribution >= 4 is 28.7 Å². The van der Waals surface area contributed by atoms with Gasteiger partial charge in [0.1, 0.15) is 10.8 Å². The van der Waals surface area contributed by atoms with E-state index in [0.29, 0.717) is 0 Å². The van der Waals surface area contributed by atoms with E-state index in [0.717, 1.165) is 53.5 Å². The summed E-state index contributed by atoms with van der Waals surface area (Å²) < 4.78 is 5.23. The van der Waals surface area contributed by atoms with E-state index in [2.05, 4.69) is 14.9 Å². The Morgan fingerprint density at radius 2 is 2.33 bits per heavy atom. The van der Waals surface area contributed by atoms with E-state index in [-0.39, 0.29) is 11.9 Å². The number of fused-ring (bicyclic) bond motifs is 1. The van der Waals surface area contributed by atoms with E-state index in [1.165, 1.54) is 0 Å². The van der Waals surface area contributed by atoms with Crippen LogP contribution in [0.25, 0.3) is 11.0 Å². The van der Waals surface area contributed by atoms with Crippen molar-refractivity contribution in [3.63, 3.8) is 0 Å². The van der Waals surface area contributed by atoms with Gasteiger partial charge in [0.25, 0.3) is 0 Å². The fourth-order valence-corrected chi connectivity index (χ4v) is 3.67. The van der Waals surface area contributed by atoms with Crippen LogP contribution in [0.3, 0.4) is 0 Å². The van der Waals surface area contributed by atoms with Gasteiger partial charge in [-0.25, -0.2) is 4.98 Å². The van der Waals surface area contributed by atoms with Crippen LogP contribution in [-0.2, 0) is 4.79 Å². The van der Waals surface area contributed by atoms with Gasteiger partial charge in [0.2, 0.25) is 5.91 Å². The molecule has 127 valence electrons. The minimum atomic E-state index is -0.266. The summed E-state index contributed by atoms with van der Waals surface area (Å²) in [7, 11) is 1.64. The maximum atomic E-state index is 11.5. The number of carbonyl (C=O) groups is 1. The lowest BCUT2D eigenvalue weighted by molar-refractivity contribution is -0.122. The highest BCUT2D eigenvalue weighted by atomic mass is 32.2. The Morgan fingerprint density at radius 3 is 3.12 bits per heavy atom. The van der Waals surface area contributed by atoms with E-state index < -0.39 is 0 Å². The molecule has 1 aliphatic heterocycles. The maximum Gasteiger partial charge on any atom is 0.235 e. The molecule has 1 atom stereocenters. The molecule has 2 N–H and O–H groups in total. The number of rotatable bonds is 6. The largest absolute Gasteiger partial charge is 0.497 e. The minimum absolute atomic E-state index is 0.244. The predicted molar refractivity (Wildman–Crippen MR) is 94.9 cm³/mol. The number of methoxy groups -OCH3 is 1. The van der Waals surface area contributed by atoms with Crippen LogP contribution in [-0.4, -0.2) is 52.8 Å². The summed E-state index contributed by atoms with van der Waals surface area (Å²) in [4.78, 5) is 22.7. The van der Waals surface area contributed by atoms with E-state index in [1.807, 2.05) is 24.6 Å². The molecule has 6 nitrogen and oxygen atoms in total. The van der Waals surface area contributed by atoms with Gasteiger partial charge < -0.3 is 10.5 Å². The number of nitrogens with two attached hydrogens (primary N) is 1. The van der Waals surface area contributed by atoms with Crippen molar-refractivity contribution in [3.05, 3.63) is 30.8 Å². The van der Waals surface area contributed by atoms with Crippen LogP contribution in [0.1, 0.15) is 12.8 Å². The molecule has 1 aromatic heterocycles. The van der Waals surface area contributed by atoms with Crippen molar-refractivity contribution in [2.24, 2.45) is 5.73 Å². The second-order valence-corrected chi connectivity index (χ2v) is 6.79. The van der Waals surface area contributed by atoms with Crippen molar-refractivity contribution in [1.29, 1.82) is 0 Å². The van der Waals surface area contributed by atoms with Crippen LogP contribution in [0.4, 0.5) is 0 Å². The molecule has 24 heavy (non-hydrogen) atoms. The van der Waals surface area contributed by atoms with Crippen LogP contribution in [0, 0.1) is 6.42 Å². The summed E-state index contributed by atoms with van der Waals surface area (Å²) in [5.74, 6) is 1.34. The number of hydrogen-bond donors (Lipinski definition) is 1. The average molecular weight is 345 g/mol. The highest BCUT2D eigenvalue weighted by molar-refractivity contribution is 7.99. The molecule has 2 aromatic rings. The lowest BCUT2D eigenvalue weighted by atomic mass is 10.0. The van der Waals surface area contributed by atoms with Gasteiger partial charge in [-0.05, 0) is 37.9 Å². The molecule has 1 radical (unpaired) electrons. The number of amides is 1. The van der Waals surface area contributed by atoms with Crippen molar-refractivity contribution in [2.75, 3.05) is 26.0 Å². The molecule has 1 saturated heterocycles. The minimum Gasteiger partial charge on any atom is -0.497 e. The number of primary amides is 1. The number of benzene rings is 1. The smallest absolute Gasteiger partial charge is 0.235 e. The number of nitrogens with zero attached hydrogens (tertiary/aromatic N) is 3. The Kier molecular flexibility index (Phi) is 5.52. The van der Waals surface area contributed by atoms with Gasteiger partial charge in [0.15, 0.2) is 0 Å². The molecular weight excluding hydrogens is 324 g/mol. The van der Waals surface area contributed by atoms with E-state index in [4.69, 9.17) is 10.5 Å². The molecule has 1 aliphatic rings. The summed E-state index contributed by atoms with van der Waals surface area (Å²) in [5.41, 5.74) is 7.14. The van der Waals surface area contributed by atoms with E-state index >= 15 is 0 Å². The summed E-state index contributed by atoms with van der Waals surface area (Å²) in [6.07, 6.45) is 5.82. The fourth-order valence-electron chi connectivity index (χ4n) is 2.84. The first kappa shape index (κ1) is 17.0. The first-order valence-electron chi connectivity index (χ1n) is 7.97. The van der Waals surface area contributed by atoms with Crippen molar-refractivity contribution in [2.45, 2.75) is 23.9 Å². The zero-order valence-electron chi connectivity index (χ0n) is 13.6. The molecule has 3 rings (SSSR count). The van der Waals surface area contributed by atoms with Gasteiger partial charge in [-0.15, -0.1) is 11.8 Å². The average Bonchev–Trinajstić information content (AvgIpc) is 2.61. The Morgan fingerprint density at radius 1 is 1.46 bits per heavy atom. The standard InChI is InChI=1S/C17H21N4O2S/c1-23-12-5-6-13-14(10-12)20-16(11-19-13)24-9-8-21-7-3-2-4-15(21)17(18)22/h4-6,10-11,15H,2-3,7-9H2,1H3,(H2,18,22). The molecule has 2 heterocycles. The second kappa shape index (κ2) is 7.81. The van der Waals surface area contributed by atoms with Crippen LogP contribution in [0.5, 0.6) is 5.75 Å². The van der Waals surface area contributed by atoms with Crippen molar-refractivity contribution in [3.8, 4) is 5.75 Å². The molecule has 0 saturated carbocycles. The third kappa shape index (κ3) is 3.96. The summed E-state index contributed by atoms with van der Waals surface area (Å²) >= 11 is 1.63. The zero-order valence-corrected chi connectivity index (χ0v) is 14.5. The van der Waals surface area contributed by atoms with Gasteiger partial charge >= 0.3 is 0 Å². The predicted octanol–water partition coefficient (Wildman–Crippen LogP) is 1.88. The number of aromatic nitrogens is 2. The van der Waals surface area contributed by atoms with E-state index in [9.17, 15) is 4.79 Å². The van der Waals surface area contributed by atoms with Gasteiger partial charge in [-0.3, -0.25) is 14.7 Å². The SMILES string of the molecule is COc1ccc2ncc(SCCN3CCC[CH]C3C(N)=O)nc2c1. The summed E-state index contributed by atoms with van der Waals surface area (Å²) in [6.45, 7) is 1.71. The fraction of sp³-hybridized carbons (Fsp3) is 0.412. The Labute approximate surface area is 145 Å². The number of likely N-dealkylation sites (tertiary alicyclic amines) is 1. The van der Waals surface area contributed by atoms with Crippen LogP contribution < -0.4 is 10.5 Å². The molecule has 1 amide bonds. The molecule has 7 heteroatoms. The molecule has 0 bridgehead atoms. The van der Waals surface area contributed by atoms with Gasteiger partial charge in [-0.2, -0.15) is 0 Å². The van der Waals surface area contributed by atoms with E-state index in [1.54, 1.807) is 25.1 Å². The van der Waals surface area contributed by atoms with Gasteiger partial charge in [-0.1, -0.05) is 0 Å². The molecule has 1 fully saturated rings. The molecular formula is C17H21N4O2S. The van der Waals surface area contributed by atoms with Gasteiger partial charge in [0, 0.05) is 18.4 Å². The normalized spacial score (nSPS) is 18.6. The first-order chi connectivity index (χ1) is 11.7. The zero-order chi connectivity index (χ0) is 16.9.